The maximum atomic E-state index is 13.4. The van der Waals surface area contributed by atoms with Crippen LogP contribution >= 0.6 is 45.7 Å². The molecule has 170 valence electrons. The smallest absolute Gasteiger partial charge is 0.271 e. The van der Waals surface area contributed by atoms with E-state index in [1.165, 1.54) is 11.3 Å². The lowest BCUT2D eigenvalue weighted by atomic mass is 10.1. The number of benzene rings is 3. The number of halogens is 1. The van der Waals surface area contributed by atoms with Gasteiger partial charge >= 0.3 is 0 Å². The van der Waals surface area contributed by atoms with Gasteiger partial charge in [0.25, 0.3) is 5.91 Å². The number of para-hydroxylation sites is 1. The van der Waals surface area contributed by atoms with E-state index in [2.05, 4.69) is 32.9 Å². The van der Waals surface area contributed by atoms with Gasteiger partial charge in [0, 0.05) is 22.6 Å². The van der Waals surface area contributed by atoms with Crippen molar-refractivity contribution in [1.29, 1.82) is 0 Å². The number of hydrogen-bond donors (Lipinski definition) is 1. The van der Waals surface area contributed by atoms with Crippen LogP contribution in [0.1, 0.15) is 11.7 Å². The van der Waals surface area contributed by atoms with Crippen molar-refractivity contribution in [2.45, 2.75) is 11.0 Å². The van der Waals surface area contributed by atoms with E-state index in [1.807, 2.05) is 60.9 Å². The first-order valence-electron chi connectivity index (χ1n) is 9.91. The molecular weight excluding hydrogens is 571 g/mol. The summed E-state index contributed by atoms with van der Waals surface area (Å²) in [6, 6.07) is 19.1. The van der Waals surface area contributed by atoms with Crippen molar-refractivity contribution in [2.75, 3.05) is 25.8 Å². The molecule has 4 rings (SSSR count). The topological polar surface area (TPSA) is 69.7 Å². The second kappa shape index (κ2) is 10.6. The zero-order valence-electron chi connectivity index (χ0n) is 18.1. The number of ether oxygens (including phenoxy) is 3. The maximum Gasteiger partial charge on any atom is 0.271 e. The molecule has 0 aliphatic heterocycles. The van der Waals surface area contributed by atoms with Crippen molar-refractivity contribution >= 4 is 66.9 Å². The van der Waals surface area contributed by atoms with Crippen LogP contribution in [0.25, 0.3) is 10.2 Å². The summed E-state index contributed by atoms with van der Waals surface area (Å²) in [4.78, 5) is 19.0. The first-order valence-corrected chi connectivity index (χ1v) is 13.0. The Morgan fingerprint density at radius 3 is 2.39 bits per heavy atom. The summed E-state index contributed by atoms with van der Waals surface area (Å²) in [5.74, 6) is 1.54. The molecule has 6 nitrogen and oxygen atoms in total. The third-order valence-corrected chi connectivity index (χ3v) is 7.43. The van der Waals surface area contributed by atoms with E-state index >= 15 is 0 Å². The predicted molar refractivity (Wildman–Crippen MR) is 142 cm³/mol. The minimum absolute atomic E-state index is 0.301. The summed E-state index contributed by atoms with van der Waals surface area (Å²) in [6.45, 7) is 0. The minimum atomic E-state index is -0.840. The fourth-order valence-corrected chi connectivity index (χ4v) is 5.00. The van der Waals surface area contributed by atoms with Gasteiger partial charge in [-0.15, -0.1) is 11.8 Å². The Bertz CT molecular complexity index is 1240. The third kappa shape index (κ3) is 5.36. The molecule has 1 amide bonds. The first kappa shape index (κ1) is 23.7. The lowest BCUT2D eigenvalue weighted by Crippen LogP contribution is -2.26. The Hall–Kier alpha value is -2.50. The molecule has 4 aromatic rings. The van der Waals surface area contributed by atoms with Gasteiger partial charge in [-0.1, -0.05) is 35.6 Å². The van der Waals surface area contributed by atoms with Crippen LogP contribution in [-0.2, 0) is 4.79 Å². The highest BCUT2D eigenvalue weighted by molar-refractivity contribution is 14.1. The fraction of sp³-hybridized carbons (Fsp3) is 0.167. The number of anilines is 1. The molecule has 0 radical (unpaired) electrons. The molecule has 0 aliphatic carbocycles. The average molecular weight is 592 g/mol. The van der Waals surface area contributed by atoms with Crippen LogP contribution in [0.4, 0.5) is 5.13 Å². The molecule has 0 bridgehead atoms. The molecule has 9 heteroatoms. The molecular formula is C24H21IN2O4S2. The number of thiazole rings is 1. The lowest BCUT2D eigenvalue weighted by Gasteiger charge is -2.19. The van der Waals surface area contributed by atoms with Gasteiger partial charge in [0.15, 0.2) is 16.6 Å². The number of hydrogen-bond acceptors (Lipinski definition) is 7. The van der Waals surface area contributed by atoms with Crippen molar-refractivity contribution in [3.8, 4) is 17.2 Å². The van der Waals surface area contributed by atoms with E-state index in [0.29, 0.717) is 27.9 Å². The van der Waals surface area contributed by atoms with Gasteiger partial charge in [0.05, 0.1) is 28.0 Å². The maximum absolute atomic E-state index is 13.4. The molecule has 0 saturated heterocycles. The van der Waals surface area contributed by atoms with E-state index < -0.39 is 6.10 Å². The Morgan fingerprint density at radius 2 is 1.73 bits per heavy atom. The van der Waals surface area contributed by atoms with Gasteiger partial charge in [-0.3, -0.25) is 10.1 Å². The molecule has 1 atom stereocenters. The van der Waals surface area contributed by atoms with E-state index in [1.54, 1.807) is 32.0 Å². The normalized spacial score (nSPS) is 11.8. The van der Waals surface area contributed by atoms with Crippen molar-refractivity contribution in [3.05, 3.63) is 69.8 Å². The number of methoxy groups -OCH3 is 2. The molecule has 33 heavy (non-hydrogen) atoms. The highest BCUT2D eigenvalue weighted by Crippen LogP contribution is 2.37. The first-order chi connectivity index (χ1) is 16.0. The second-order valence-electron chi connectivity index (χ2n) is 6.88. The SMILES string of the molecule is COc1cc2nc(NC(=O)C(Oc3ccccc3I)c3ccc(SC)cc3)sc2cc1OC. The molecule has 1 unspecified atom stereocenters. The van der Waals surface area contributed by atoms with Crippen LogP contribution in [0.3, 0.4) is 0 Å². The van der Waals surface area contributed by atoms with Crippen LogP contribution in [0.5, 0.6) is 17.2 Å². The Labute approximate surface area is 213 Å². The zero-order chi connectivity index (χ0) is 23.4. The van der Waals surface area contributed by atoms with Gasteiger partial charge in [0.2, 0.25) is 6.10 Å². The number of nitrogens with one attached hydrogen (secondary N) is 1. The molecule has 1 N–H and O–H groups in total. The van der Waals surface area contributed by atoms with Crippen molar-refractivity contribution in [1.82, 2.24) is 4.98 Å². The number of carbonyl (C=O) groups is 1. The van der Waals surface area contributed by atoms with Crippen LogP contribution < -0.4 is 19.5 Å². The van der Waals surface area contributed by atoms with Gasteiger partial charge in [-0.25, -0.2) is 4.98 Å². The molecule has 0 spiro atoms. The van der Waals surface area contributed by atoms with Crippen molar-refractivity contribution in [3.63, 3.8) is 0 Å². The Morgan fingerprint density at radius 1 is 1.03 bits per heavy atom. The number of nitrogens with zero attached hydrogens (tertiary/aromatic N) is 1. The van der Waals surface area contributed by atoms with Gasteiger partial charge in [-0.2, -0.15) is 0 Å². The zero-order valence-corrected chi connectivity index (χ0v) is 21.9. The number of amides is 1. The third-order valence-electron chi connectivity index (χ3n) is 4.86. The highest BCUT2D eigenvalue weighted by atomic mass is 127. The summed E-state index contributed by atoms with van der Waals surface area (Å²) in [5, 5.41) is 3.40. The summed E-state index contributed by atoms with van der Waals surface area (Å²) in [5.41, 5.74) is 1.47. The molecule has 0 aliphatic rings. The summed E-state index contributed by atoms with van der Waals surface area (Å²) < 4.78 is 18.7. The van der Waals surface area contributed by atoms with E-state index in [0.717, 1.165) is 18.7 Å². The second-order valence-corrected chi connectivity index (χ2v) is 9.96. The average Bonchev–Trinajstić information content (AvgIpc) is 3.23. The van der Waals surface area contributed by atoms with Gasteiger partial charge < -0.3 is 14.2 Å². The predicted octanol–water partition coefficient (Wildman–Crippen LogP) is 6.40. The lowest BCUT2D eigenvalue weighted by molar-refractivity contribution is -0.123. The van der Waals surface area contributed by atoms with Crippen LogP contribution in [-0.4, -0.2) is 31.4 Å². The van der Waals surface area contributed by atoms with Crippen LogP contribution in [0.15, 0.2) is 65.6 Å². The summed E-state index contributed by atoms with van der Waals surface area (Å²) in [7, 11) is 3.16. The van der Waals surface area contributed by atoms with E-state index in [4.69, 9.17) is 14.2 Å². The largest absolute Gasteiger partial charge is 0.493 e. The molecule has 0 saturated carbocycles. The summed E-state index contributed by atoms with van der Waals surface area (Å²) in [6.07, 6.45) is 1.17. The number of fused-ring (bicyclic) bond motifs is 1. The standard InChI is InChI=1S/C24H21IN2O4S2/c1-29-19-12-17-21(13-20(19)30-2)33-24(26-17)27-23(28)22(14-8-10-15(32-3)11-9-14)31-18-7-5-4-6-16(18)25/h4-13,22H,1-3H3,(H,26,27,28). The monoisotopic (exact) mass is 592 g/mol. The van der Waals surface area contributed by atoms with Crippen LogP contribution in [0, 0.1) is 3.57 Å². The van der Waals surface area contributed by atoms with E-state index in [-0.39, 0.29) is 5.91 Å². The number of carbonyl (C=O) groups excluding carboxylic acids is 1. The van der Waals surface area contributed by atoms with E-state index in [9.17, 15) is 4.79 Å². The van der Waals surface area contributed by atoms with Gasteiger partial charge in [0.1, 0.15) is 5.75 Å². The quantitative estimate of drug-likeness (QED) is 0.189. The number of thioether (sulfide) groups is 1. The molecule has 1 aromatic heterocycles. The number of rotatable bonds is 8. The summed E-state index contributed by atoms with van der Waals surface area (Å²) >= 11 is 5.21. The minimum Gasteiger partial charge on any atom is -0.493 e. The number of aromatic nitrogens is 1. The van der Waals surface area contributed by atoms with Crippen molar-refractivity contribution < 1.29 is 19.0 Å². The Kier molecular flexibility index (Phi) is 7.61. The van der Waals surface area contributed by atoms with Crippen LogP contribution in [0.2, 0.25) is 0 Å². The fourth-order valence-electron chi connectivity index (χ4n) is 3.20. The molecule has 0 fully saturated rings. The Balaban J connectivity index is 1.64. The van der Waals surface area contributed by atoms with Crippen molar-refractivity contribution in [2.24, 2.45) is 0 Å². The molecule has 3 aromatic carbocycles. The van der Waals surface area contributed by atoms with Gasteiger partial charge in [-0.05, 0) is 53.1 Å². The highest BCUT2D eigenvalue weighted by Gasteiger charge is 2.25. The molecule has 1 heterocycles.